The maximum absolute atomic E-state index is 13.9. The minimum atomic E-state index is -3.38. The van der Waals surface area contributed by atoms with Crippen LogP contribution in [0, 0.1) is 5.82 Å². The SMILES string of the molecule is O=S1(=O)CCCN1c1cc(NCc2cscn2)ccc1F. The summed E-state index contributed by atoms with van der Waals surface area (Å²) < 4.78 is 38.9. The number of nitrogens with zero attached hydrogens (tertiary/aromatic N) is 2. The van der Waals surface area contributed by atoms with E-state index in [1.165, 1.54) is 23.5 Å². The van der Waals surface area contributed by atoms with E-state index in [9.17, 15) is 12.8 Å². The first-order valence-electron chi connectivity index (χ1n) is 6.47. The lowest BCUT2D eigenvalue weighted by atomic mass is 10.2. The van der Waals surface area contributed by atoms with E-state index in [1.54, 1.807) is 11.6 Å². The van der Waals surface area contributed by atoms with E-state index in [1.807, 2.05) is 5.38 Å². The minimum Gasteiger partial charge on any atom is -0.379 e. The van der Waals surface area contributed by atoms with Gasteiger partial charge in [0.05, 0.1) is 29.2 Å². The second-order valence-corrected chi connectivity index (χ2v) is 7.47. The molecule has 0 aliphatic carbocycles. The van der Waals surface area contributed by atoms with Crippen LogP contribution in [0.15, 0.2) is 29.1 Å². The molecule has 1 aromatic heterocycles. The molecule has 0 unspecified atom stereocenters. The summed E-state index contributed by atoms with van der Waals surface area (Å²) in [6.45, 7) is 0.843. The molecule has 8 heteroatoms. The van der Waals surface area contributed by atoms with E-state index in [0.29, 0.717) is 25.2 Å². The molecule has 0 amide bonds. The van der Waals surface area contributed by atoms with Gasteiger partial charge in [0, 0.05) is 17.6 Å². The third kappa shape index (κ3) is 3.01. The van der Waals surface area contributed by atoms with Gasteiger partial charge in [-0.05, 0) is 24.6 Å². The number of nitrogens with one attached hydrogen (secondary N) is 1. The van der Waals surface area contributed by atoms with Crippen LogP contribution in [0.2, 0.25) is 0 Å². The number of rotatable bonds is 4. The zero-order valence-electron chi connectivity index (χ0n) is 11.1. The molecule has 112 valence electrons. The molecule has 1 aliphatic heterocycles. The third-order valence-electron chi connectivity index (χ3n) is 3.27. The summed E-state index contributed by atoms with van der Waals surface area (Å²) >= 11 is 1.50. The van der Waals surface area contributed by atoms with Crippen molar-refractivity contribution in [3.05, 3.63) is 40.6 Å². The molecule has 0 saturated carbocycles. The van der Waals surface area contributed by atoms with Gasteiger partial charge in [-0.25, -0.2) is 17.8 Å². The fraction of sp³-hybridized carbons (Fsp3) is 0.308. The Morgan fingerprint density at radius 1 is 1.43 bits per heavy atom. The van der Waals surface area contributed by atoms with Crippen LogP contribution < -0.4 is 9.62 Å². The Balaban J connectivity index is 1.83. The molecule has 1 fully saturated rings. The Bertz CT molecular complexity index is 732. The lowest BCUT2D eigenvalue weighted by molar-refractivity contribution is 0.595. The Morgan fingerprint density at radius 2 is 2.29 bits per heavy atom. The highest BCUT2D eigenvalue weighted by molar-refractivity contribution is 7.93. The first-order chi connectivity index (χ1) is 10.1. The van der Waals surface area contributed by atoms with E-state index in [-0.39, 0.29) is 11.4 Å². The highest BCUT2D eigenvalue weighted by Gasteiger charge is 2.30. The van der Waals surface area contributed by atoms with E-state index < -0.39 is 15.8 Å². The first kappa shape index (κ1) is 14.3. The largest absolute Gasteiger partial charge is 0.379 e. The van der Waals surface area contributed by atoms with Gasteiger partial charge in [-0.2, -0.15) is 0 Å². The Morgan fingerprint density at radius 3 is 2.95 bits per heavy atom. The van der Waals surface area contributed by atoms with Gasteiger partial charge < -0.3 is 5.32 Å². The lowest BCUT2D eigenvalue weighted by Crippen LogP contribution is -2.26. The molecular weight excluding hydrogens is 313 g/mol. The van der Waals surface area contributed by atoms with Crippen molar-refractivity contribution in [1.82, 2.24) is 4.98 Å². The molecule has 0 spiro atoms. The van der Waals surface area contributed by atoms with Crippen molar-refractivity contribution >= 4 is 32.7 Å². The lowest BCUT2D eigenvalue weighted by Gasteiger charge is -2.18. The number of benzene rings is 1. The van der Waals surface area contributed by atoms with E-state index in [0.717, 1.165) is 10.00 Å². The number of aromatic nitrogens is 1. The predicted molar refractivity (Wildman–Crippen MR) is 81.6 cm³/mol. The number of hydrogen-bond donors (Lipinski definition) is 1. The van der Waals surface area contributed by atoms with Crippen LogP contribution in [-0.2, 0) is 16.6 Å². The zero-order valence-corrected chi connectivity index (χ0v) is 12.8. The molecule has 1 N–H and O–H groups in total. The van der Waals surface area contributed by atoms with Crippen molar-refractivity contribution < 1.29 is 12.8 Å². The molecule has 1 aromatic carbocycles. The fourth-order valence-corrected chi connectivity index (χ4v) is 4.36. The predicted octanol–water partition coefficient (Wildman–Crippen LogP) is 2.43. The Hall–Kier alpha value is -1.67. The van der Waals surface area contributed by atoms with Crippen molar-refractivity contribution in [2.45, 2.75) is 13.0 Å². The van der Waals surface area contributed by atoms with Crippen LogP contribution in [0.5, 0.6) is 0 Å². The molecule has 1 aliphatic rings. The van der Waals surface area contributed by atoms with Crippen molar-refractivity contribution in [1.29, 1.82) is 0 Å². The smallest absolute Gasteiger partial charge is 0.235 e. The molecule has 2 heterocycles. The van der Waals surface area contributed by atoms with Crippen molar-refractivity contribution in [3.8, 4) is 0 Å². The van der Waals surface area contributed by atoms with Gasteiger partial charge in [-0.15, -0.1) is 11.3 Å². The summed E-state index contributed by atoms with van der Waals surface area (Å²) in [5.41, 5.74) is 3.40. The van der Waals surface area contributed by atoms with Crippen molar-refractivity contribution in [2.24, 2.45) is 0 Å². The van der Waals surface area contributed by atoms with Crippen LogP contribution >= 0.6 is 11.3 Å². The normalized spacial score (nSPS) is 17.1. The summed E-state index contributed by atoms with van der Waals surface area (Å²) in [5, 5.41) is 5.04. The van der Waals surface area contributed by atoms with Gasteiger partial charge in [0.1, 0.15) is 5.82 Å². The maximum atomic E-state index is 13.9. The van der Waals surface area contributed by atoms with E-state index in [4.69, 9.17) is 0 Å². The minimum absolute atomic E-state index is 0.0723. The second kappa shape index (κ2) is 5.61. The van der Waals surface area contributed by atoms with E-state index >= 15 is 0 Å². The van der Waals surface area contributed by atoms with Crippen LogP contribution in [0.4, 0.5) is 15.8 Å². The summed E-state index contributed by atoms with van der Waals surface area (Å²) in [5.74, 6) is -0.456. The van der Waals surface area contributed by atoms with Gasteiger partial charge >= 0.3 is 0 Å². The van der Waals surface area contributed by atoms with Gasteiger partial charge in [-0.3, -0.25) is 4.31 Å². The number of halogens is 1. The monoisotopic (exact) mass is 327 g/mol. The van der Waals surface area contributed by atoms with Gasteiger partial charge in [0.15, 0.2) is 0 Å². The molecule has 2 aromatic rings. The Kier molecular flexibility index (Phi) is 3.81. The fourth-order valence-electron chi connectivity index (χ4n) is 2.24. The third-order valence-corrected chi connectivity index (χ3v) is 5.76. The molecule has 0 bridgehead atoms. The van der Waals surface area contributed by atoms with Gasteiger partial charge in [0.25, 0.3) is 0 Å². The summed E-state index contributed by atoms with van der Waals surface area (Å²) in [6, 6.07) is 4.41. The molecule has 21 heavy (non-hydrogen) atoms. The standard InChI is InChI=1S/C13H14FN3O2S2/c14-12-3-2-10(15-7-11-8-20-9-16-11)6-13(12)17-4-1-5-21(17,18)19/h2-3,6,8-9,15H,1,4-5,7H2. The summed E-state index contributed by atoms with van der Waals surface area (Å²) in [7, 11) is -3.38. The highest BCUT2D eigenvalue weighted by Crippen LogP contribution is 2.29. The van der Waals surface area contributed by atoms with Crippen LogP contribution in [-0.4, -0.2) is 25.7 Å². The highest BCUT2D eigenvalue weighted by atomic mass is 32.2. The topological polar surface area (TPSA) is 62.3 Å². The molecule has 5 nitrogen and oxygen atoms in total. The van der Waals surface area contributed by atoms with Gasteiger partial charge in [0.2, 0.25) is 10.0 Å². The molecule has 0 atom stereocenters. The second-order valence-electron chi connectivity index (χ2n) is 4.74. The quantitative estimate of drug-likeness (QED) is 0.937. The van der Waals surface area contributed by atoms with E-state index in [2.05, 4.69) is 10.3 Å². The van der Waals surface area contributed by atoms with Gasteiger partial charge in [-0.1, -0.05) is 0 Å². The first-order valence-corrected chi connectivity index (χ1v) is 9.02. The average Bonchev–Trinajstić information content (AvgIpc) is 3.07. The molecule has 1 saturated heterocycles. The molecule has 3 rings (SSSR count). The molecular formula is C13H14FN3O2S2. The summed E-state index contributed by atoms with van der Waals surface area (Å²) in [6.07, 6.45) is 0.526. The Labute approximate surface area is 126 Å². The summed E-state index contributed by atoms with van der Waals surface area (Å²) in [4.78, 5) is 4.15. The number of thiazole rings is 1. The van der Waals surface area contributed by atoms with Crippen LogP contribution in [0.25, 0.3) is 0 Å². The number of hydrogen-bond acceptors (Lipinski definition) is 5. The van der Waals surface area contributed by atoms with Crippen molar-refractivity contribution in [2.75, 3.05) is 21.9 Å². The number of sulfonamides is 1. The van der Waals surface area contributed by atoms with Crippen LogP contribution in [0.1, 0.15) is 12.1 Å². The zero-order chi connectivity index (χ0) is 14.9. The van der Waals surface area contributed by atoms with Crippen molar-refractivity contribution in [3.63, 3.8) is 0 Å². The average molecular weight is 327 g/mol. The molecule has 0 radical (unpaired) electrons. The van der Waals surface area contributed by atoms with Crippen LogP contribution in [0.3, 0.4) is 0 Å². The maximum Gasteiger partial charge on any atom is 0.235 e. The number of anilines is 2.